The number of nitrogens with one attached hydrogen (secondary N) is 1. The van der Waals surface area contributed by atoms with E-state index in [1.807, 2.05) is 6.08 Å². The van der Waals surface area contributed by atoms with Crippen molar-refractivity contribution >= 4 is 5.91 Å². The van der Waals surface area contributed by atoms with Gasteiger partial charge in [-0.05, 0) is 64.2 Å². The first kappa shape index (κ1) is 33.4. The number of carbonyl (C=O) groups excluding carboxylic acids is 1. The van der Waals surface area contributed by atoms with Crippen LogP contribution in [-0.2, 0) is 4.79 Å². The van der Waals surface area contributed by atoms with Crippen molar-refractivity contribution < 1.29 is 15.0 Å². The average molecular weight is 490 g/mol. The molecule has 0 spiro atoms. The second kappa shape index (κ2) is 26.9. The van der Waals surface area contributed by atoms with Crippen molar-refractivity contribution in [1.29, 1.82) is 0 Å². The van der Waals surface area contributed by atoms with Crippen LogP contribution in [0.5, 0.6) is 0 Å². The molecule has 0 saturated heterocycles. The van der Waals surface area contributed by atoms with E-state index in [0.717, 1.165) is 44.9 Å². The van der Waals surface area contributed by atoms with E-state index in [1.54, 1.807) is 6.08 Å². The fraction of sp³-hybridized carbons (Fsp3) is 0.710. The summed E-state index contributed by atoms with van der Waals surface area (Å²) in [7, 11) is 0. The molecule has 4 nitrogen and oxygen atoms in total. The van der Waals surface area contributed by atoms with Crippen LogP contribution in [0.1, 0.15) is 123 Å². The fourth-order valence-electron chi connectivity index (χ4n) is 3.74. The molecule has 202 valence electrons. The lowest BCUT2D eigenvalue weighted by atomic mass is 10.1. The molecule has 0 aromatic heterocycles. The smallest absolute Gasteiger partial charge is 0.220 e. The summed E-state index contributed by atoms with van der Waals surface area (Å²) in [5, 5.41) is 22.6. The quantitative estimate of drug-likeness (QED) is 0.0960. The third-order valence-electron chi connectivity index (χ3n) is 6.01. The van der Waals surface area contributed by atoms with Crippen molar-refractivity contribution in [1.82, 2.24) is 5.32 Å². The Morgan fingerprint density at radius 3 is 1.60 bits per heavy atom. The molecule has 0 aliphatic carbocycles. The lowest BCUT2D eigenvalue weighted by molar-refractivity contribution is -0.122. The molecule has 0 bridgehead atoms. The standard InChI is InChI=1S/C31H55NO3/c1-3-5-7-9-11-13-14-15-16-17-19-20-22-24-26-30(34)29(28-33)32-31(35)27-25-23-21-18-12-10-8-6-4-2/h13-14,17-19,21,24,26,29-30,33-34H,3-12,15-16,20,22-23,25,27-28H2,1-2H3,(H,32,35)/b14-13+,19-17+,21-18-,26-24+. The number of aliphatic hydroxyl groups excluding tert-OH is 2. The van der Waals surface area contributed by atoms with Crippen molar-refractivity contribution in [3.8, 4) is 0 Å². The predicted octanol–water partition coefficient (Wildman–Crippen LogP) is 7.72. The summed E-state index contributed by atoms with van der Waals surface area (Å²) in [4.78, 5) is 12.1. The van der Waals surface area contributed by atoms with Gasteiger partial charge in [0.2, 0.25) is 5.91 Å². The molecule has 0 radical (unpaired) electrons. The molecular weight excluding hydrogens is 434 g/mol. The zero-order chi connectivity index (χ0) is 25.8. The molecule has 0 heterocycles. The van der Waals surface area contributed by atoms with Crippen molar-refractivity contribution in [2.24, 2.45) is 0 Å². The SMILES string of the molecule is CCCCCC/C=C\CCCC(=O)NC(CO)C(O)/C=C/CC/C=C/CC/C=C/CCCCCC. The van der Waals surface area contributed by atoms with Gasteiger partial charge in [0.25, 0.3) is 0 Å². The zero-order valence-corrected chi connectivity index (χ0v) is 22.8. The van der Waals surface area contributed by atoms with Crippen LogP contribution in [0.25, 0.3) is 0 Å². The van der Waals surface area contributed by atoms with Crippen LogP contribution in [0.4, 0.5) is 0 Å². The molecule has 0 fully saturated rings. The van der Waals surface area contributed by atoms with Gasteiger partial charge in [-0.15, -0.1) is 0 Å². The normalized spacial score (nSPS) is 14.1. The van der Waals surface area contributed by atoms with Crippen LogP contribution >= 0.6 is 0 Å². The van der Waals surface area contributed by atoms with Gasteiger partial charge in [0.15, 0.2) is 0 Å². The Bertz CT molecular complexity index is 580. The summed E-state index contributed by atoms with van der Waals surface area (Å²) >= 11 is 0. The first-order valence-electron chi connectivity index (χ1n) is 14.4. The van der Waals surface area contributed by atoms with E-state index in [0.29, 0.717) is 6.42 Å². The summed E-state index contributed by atoms with van der Waals surface area (Å²) in [6.45, 7) is 4.18. The third kappa shape index (κ3) is 23.8. The molecule has 2 atom stereocenters. The number of carbonyl (C=O) groups is 1. The van der Waals surface area contributed by atoms with E-state index in [4.69, 9.17) is 0 Å². The number of hydrogen-bond acceptors (Lipinski definition) is 3. The van der Waals surface area contributed by atoms with E-state index in [9.17, 15) is 15.0 Å². The highest BCUT2D eigenvalue weighted by Gasteiger charge is 2.17. The minimum atomic E-state index is -0.876. The maximum absolute atomic E-state index is 12.1. The minimum absolute atomic E-state index is 0.120. The predicted molar refractivity (Wildman–Crippen MR) is 151 cm³/mol. The van der Waals surface area contributed by atoms with Gasteiger partial charge in [0.05, 0.1) is 18.8 Å². The van der Waals surface area contributed by atoms with Crippen molar-refractivity contribution in [3.05, 3.63) is 48.6 Å². The second-order valence-electron chi connectivity index (χ2n) is 9.44. The highest BCUT2D eigenvalue weighted by atomic mass is 16.3. The maximum atomic E-state index is 12.1. The monoisotopic (exact) mass is 489 g/mol. The summed E-state index contributed by atoms with van der Waals surface area (Å²) in [6.07, 6.45) is 34.7. The first-order valence-corrected chi connectivity index (χ1v) is 14.4. The highest BCUT2D eigenvalue weighted by molar-refractivity contribution is 5.76. The number of unbranched alkanes of at least 4 members (excludes halogenated alkanes) is 11. The lowest BCUT2D eigenvalue weighted by Gasteiger charge is -2.19. The van der Waals surface area contributed by atoms with Crippen LogP contribution in [0.15, 0.2) is 48.6 Å². The van der Waals surface area contributed by atoms with Gasteiger partial charge in [-0.1, -0.05) is 101 Å². The molecule has 0 rings (SSSR count). The summed E-state index contributed by atoms with van der Waals surface area (Å²) in [6, 6.07) is -0.655. The van der Waals surface area contributed by atoms with E-state index in [1.165, 1.54) is 57.8 Å². The van der Waals surface area contributed by atoms with Gasteiger partial charge in [-0.3, -0.25) is 4.79 Å². The van der Waals surface area contributed by atoms with Crippen molar-refractivity contribution in [2.45, 2.75) is 135 Å². The summed E-state index contributed by atoms with van der Waals surface area (Å²) < 4.78 is 0. The Morgan fingerprint density at radius 1 is 0.657 bits per heavy atom. The number of hydrogen-bond donors (Lipinski definition) is 3. The second-order valence-corrected chi connectivity index (χ2v) is 9.44. The lowest BCUT2D eigenvalue weighted by Crippen LogP contribution is -2.45. The largest absolute Gasteiger partial charge is 0.394 e. The average Bonchev–Trinajstić information content (AvgIpc) is 2.86. The summed E-state index contributed by atoms with van der Waals surface area (Å²) in [5.74, 6) is -0.120. The Kier molecular flexibility index (Phi) is 25.7. The van der Waals surface area contributed by atoms with E-state index in [2.05, 4.69) is 55.6 Å². The number of amides is 1. The van der Waals surface area contributed by atoms with Crippen LogP contribution < -0.4 is 5.32 Å². The van der Waals surface area contributed by atoms with E-state index >= 15 is 0 Å². The molecule has 2 unspecified atom stereocenters. The van der Waals surface area contributed by atoms with E-state index < -0.39 is 12.1 Å². The molecule has 4 heteroatoms. The van der Waals surface area contributed by atoms with E-state index in [-0.39, 0.29) is 12.5 Å². The van der Waals surface area contributed by atoms with Gasteiger partial charge in [-0.2, -0.15) is 0 Å². The van der Waals surface area contributed by atoms with Crippen LogP contribution in [0.3, 0.4) is 0 Å². The van der Waals surface area contributed by atoms with Crippen LogP contribution in [0.2, 0.25) is 0 Å². The topological polar surface area (TPSA) is 69.6 Å². The van der Waals surface area contributed by atoms with Gasteiger partial charge < -0.3 is 15.5 Å². The maximum Gasteiger partial charge on any atom is 0.220 e. The molecule has 3 N–H and O–H groups in total. The Balaban J connectivity index is 3.87. The number of rotatable bonds is 24. The van der Waals surface area contributed by atoms with Crippen molar-refractivity contribution in [3.63, 3.8) is 0 Å². The molecule has 0 aliphatic rings. The van der Waals surface area contributed by atoms with Crippen molar-refractivity contribution in [2.75, 3.05) is 6.61 Å². The molecule has 35 heavy (non-hydrogen) atoms. The molecule has 0 aliphatic heterocycles. The Morgan fingerprint density at radius 2 is 1.11 bits per heavy atom. The van der Waals surface area contributed by atoms with Gasteiger partial charge >= 0.3 is 0 Å². The zero-order valence-electron chi connectivity index (χ0n) is 22.8. The fourth-order valence-corrected chi connectivity index (χ4v) is 3.74. The minimum Gasteiger partial charge on any atom is -0.394 e. The van der Waals surface area contributed by atoms with Crippen LogP contribution in [0, 0.1) is 0 Å². The number of aliphatic hydroxyl groups is 2. The molecule has 0 aromatic rings. The molecule has 0 aromatic carbocycles. The van der Waals surface area contributed by atoms with Crippen LogP contribution in [-0.4, -0.2) is 34.9 Å². The van der Waals surface area contributed by atoms with Gasteiger partial charge in [-0.25, -0.2) is 0 Å². The third-order valence-corrected chi connectivity index (χ3v) is 6.01. The van der Waals surface area contributed by atoms with Gasteiger partial charge in [0.1, 0.15) is 0 Å². The first-order chi connectivity index (χ1) is 17.2. The number of allylic oxidation sites excluding steroid dienone is 7. The Hall–Kier alpha value is -1.65. The molecule has 1 amide bonds. The summed E-state index contributed by atoms with van der Waals surface area (Å²) in [5.41, 5.74) is 0. The molecule has 0 saturated carbocycles. The molecular formula is C31H55NO3. The van der Waals surface area contributed by atoms with Gasteiger partial charge in [0, 0.05) is 6.42 Å². The highest BCUT2D eigenvalue weighted by Crippen LogP contribution is 2.06. The Labute approximate surface area is 216 Å².